The minimum Gasteiger partial charge on any atom is -0.347 e. The van der Waals surface area contributed by atoms with E-state index in [1.54, 1.807) is 12.4 Å². The molecule has 4 nitrogen and oxygen atoms in total. The summed E-state index contributed by atoms with van der Waals surface area (Å²) in [5.41, 5.74) is 1.12. The number of carbonyl (C=O) groups excluding carboxylic acids is 1. The fourth-order valence-corrected chi connectivity index (χ4v) is 1.23. The van der Waals surface area contributed by atoms with Crippen molar-refractivity contribution in [3.8, 4) is 0 Å². The van der Waals surface area contributed by atoms with Crippen molar-refractivity contribution in [2.24, 2.45) is 5.92 Å². The molecule has 1 N–H and O–H groups in total. The normalized spacial score (nSPS) is 10.4. The van der Waals surface area contributed by atoms with Crippen molar-refractivity contribution in [1.29, 1.82) is 0 Å². The fraction of sp³-hybridized carbons (Fsp3) is 0.545. The third-order valence-corrected chi connectivity index (χ3v) is 1.84. The molecule has 4 heteroatoms. The van der Waals surface area contributed by atoms with Crippen LogP contribution < -0.4 is 5.32 Å². The van der Waals surface area contributed by atoms with Gasteiger partial charge in [0.15, 0.2) is 0 Å². The van der Waals surface area contributed by atoms with Crippen molar-refractivity contribution in [1.82, 2.24) is 9.97 Å². The Kier molecular flexibility index (Phi) is 4.21. The van der Waals surface area contributed by atoms with Crippen LogP contribution in [0.4, 0.5) is 5.95 Å². The smallest absolute Gasteiger partial charge is 0.222 e. The highest BCUT2D eigenvalue weighted by Crippen LogP contribution is 2.06. The number of hydrogen-bond acceptors (Lipinski definition) is 4. The summed E-state index contributed by atoms with van der Waals surface area (Å²) in [4.78, 5) is 19.0. The van der Waals surface area contributed by atoms with Crippen LogP contribution in [0.25, 0.3) is 0 Å². The molecule has 0 aliphatic rings. The van der Waals surface area contributed by atoms with Gasteiger partial charge in [0.25, 0.3) is 0 Å². The highest BCUT2D eigenvalue weighted by atomic mass is 16.1. The lowest BCUT2D eigenvalue weighted by Gasteiger charge is -2.05. The van der Waals surface area contributed by atoms with Crippen molar-refractivity contribution in [3.63, 3.8) is 0 Å². The van der Waals surface area contributed by atoms with Gasteiger partial charge in [-0.25, -0.2) is 9.97 Å². The lowest BCUT2D eigenvalue weighted by atomic mass is 10.1. The molecule has 1 rings (SSSR count). The molecule has 0 aromatic carbocycles. The summed E-state index contributed by atoms with van der Waals surface area (Å²) in [6, 6.07) is 0. The lowest BCUT2D eigenvalue weighted by Crippen LogP contribution is -2.12. The van der Waals surface area contributed by atoms with Crippen LogP contribution in [0.1, 0.15) is 26.3 Å². The Labute approximate surface area is 90.1 Å². The van der Waals surface area contributed by atoms with Gasteiger partial charge in [-0.3, -0.25) is 4.79 Å². The zero-order chi connectivity index (χ0) is 11.3. The van der Waals surface area contributed by atoms with Crippen molar-refractivity contribution in [2.75, 3.05) is 11.9 Å². The van der Waals surface area contributed by atoms with E-state index < -0.39 is 0 Å². The Morgan fingerprint density at radius 2 is 2.00 bits per heavy atom. The first kappa shape index (κ1) is 11.6. The van der Waals surface area contributed by atoms with Crippen LogP contribution in [0.3, 0.4) is 0 Å². The van der Waals surface area contributed by atoms with Crippen molar-refractivity contribution in [3.05, 3.63) is 18.0 Å². The largest absolute Gasteiger partial charge is 0.347 e. The number of aromatic nitrogens is 2. The summed E-state index contributed by atoms with van der Waals surface area (Å²) in [6.45, 7) is 6.12. The van der Waals surface area contributed by atoms with Crippen LogP contribution in [0.15, 0.2) is 12.4 Å². The Morgan fingerprint density at radius 3 is 2.47 bits per heavy atom. The summed E-state index contributed by atoms with van der Waals surface area (Å²) >= 11 is 0. The summed E-state index contributed by atoms with van der Waals surface area (Å²) < 4.78 is 0. The van der Waals surface area contributed by atoms with E-state index in [0.717, 1.165) is 12.0 Å². The molecule has 0 unspecified atom stereocenters. The summed E-state index contributed by atoms with van der Waals surface area (Å²) in [6.07, 6.45) is 4.58. The zero-order valence-corrected chi connectivity index (χ0v) is 9.45. The SMILES string of the molecule is CC(=O)CNc1ncc(CC(C)C)cn1. The van der Waals surface area contributed by atoms with E-state index in [0.29, 0.717) is 11.9 Å². The van der Waals surface area contributed by atoms with Crippen molar-refractivity contribution < 1.29 is 4.79 Å². The van der Waals surface area contributed by atoms with Crippen LogP contribution in [0, 0.1) is 5.92 Å². The van der Waals surface area contributed by atoms with Crippen LogP contribution in [0.2, 0.25) is 0 Å². The molecule has 0 radical (unpaired) electrons. The van der Waals surface area contributed by atoms with Crippen LogP contribution >= 0.6 is 0 Å². The predicted molar refractivity (Wildman–Crippen MR) is 59.7 cm³/mol. The lowest BCUT2D eigenvalue weighted by molar-refractivity contribution is -0.115. The maximum absolute atomic E-state index is 10.7. The highest BCUT2D eigenvalue weighted by molar-refractivity contribution is 5.79. The van der Waals surface area contributed by atoms with E-state index >= 15 is 0 Å². The number of hydrogen-bond donors (Lipinski definition) is 1. The minimum absolute atomic E-state index is 0.0739. The molecule has 0 aliphatic carbocycles. The second-order valence-electron chi connectivity index (χ2n) is 4.07. The molecule has 0 spiro atoms. The van der Waals surface area contributed by atoms with Gasteiger partial charge in [-0.05, 0) is 24.8 Å². The summed E-state index contributed by atoms with van der Waals surface area (Å²) in [5, 5.41) is 2.85. The molecule has 0 saturated carbocycles. The molecule has 0 fully saturated rings. The van der Waals surface area contributed by atoms with E-state index in [4.69, 9.17) is 0 Å². The average molecular weight is 207 g/mol. The molecule has 82 valence electrons. The van der Waals surface area contributed by atoms with Crippen LogP contribution in [-0.2, 0) is 11.2 Å². The molecule has 1 aromatic rings. The molecule has 0 bridgehead atoms. The van der Waals surface area contributed by atoms with Gasteiger partial charge in [0.1, 0.15) is 5.78 Å². The minimum atomic E-state index is 0.0739. The molecule has 0 saturated heterocycles. The number of rotatable bonds is 5. The Morgan fingerprint density at radius 1 is 1.40 bits per heavy atom. The number of ketones is 1. The third-order valence-electron chi connectivity index (χ3n) is 1.84. The van der Waals surface area contributed by atoms with Gasteiger partial charge in [0.2, 0.25) is 5.95 Å². The number of nitrogens with zero attached hydrogens (tertiary/aromatic N) is 2. The second kappa shape index (κ2) is 5.44. The van der Waals surface area contributed by atoms with Crippen LogP contribution in [0.5, 0.6) is 0 Å². The van der Waals surface area contributed by atoms with Gasteiger partial charge in [-0.1, -0.05) is 13.8 Å². The highest BCUT2D eigenvalue weighted by Gasteiger charge is 2.00. The van der Waals surface area contributed by atoms with Crippen molar-refractivity contribution in [2.45, 2.75) is 27.2 Å². The van der Waals surface area contributed by atoms with Gasteiger partial charge >= 0.3 is 0 Å². The van der Waals surface area contributed by atoms with Gasteiger partial charge < -0.3 is 5.32 Å². The van der Waals surface area contributed by atoms with E-state index in [2.05, 4.69) is 29.1 Å². The summed E-state index contributed by atoms with van der Waals surface area (Å²) in [7, 11) is 0. The molecular formula is C11H17N3O. The van der Waals surface area contributed by atoms with Crippen molar-refractivity contribution >= 4 is 11.7 Å². The molecular weight excluding hydrogens is 190 g/mol. The molecule has 0 aliphatic heterocycles. The predicted octanol–water partition coefficient (Wildman–Crippen LogP) is 1.68. The fourth-order valence-electron chi connectivity index (χ4n) is 1.23. The number of nitrogens with one attached hydrogen (secondary N) is 1. The monoisotopic (exact) mass is 207 g/mol. The number of anilines is 1. The van der Waals surface area contributed by atoms with Gasteiger partial charge in [0.05, 0.1) is 6.54 Å². The van der Waals surface area contributed by atoms with E-state index in [1.807, 2.05) is 0 Å². The first-order valence-corrected chi connectivity index (χ1v) is 5.12. The second-order valence-corrected chi connectivity index (χ2v) is 4.07. The summed E-state index contributed by atoms with van der Waals surface area (Å²) in [5.74, 6) is 1.19. The Balaban J connectivity index is 2.52. The molecule has 0 atom stereocenters. The third kappa shape index (κ3) is 4.54. The van der Waals surface area contributed by atoms with Crippen LogP contribution in [-0.4, -0.2) is 22.3 Å². The first-order chi connectivity index (χ1) is 7.08. The standard InChI is InChI=1S/C11H17N3O/c1-8(2)4-10-6-13-11(14-7-10)12-5-9(3)15/h6-8H,4-5H2,1-3H3,(H,12,13,14). The first-order valence-electron chi connectivity index (χ1n) is 5.12. The van der Waals surface area contributed by atoms with E-state index in [1.165, 1.54) is 6.92 Å². The Bertz CT molecular complexity index is 319. The Hall–Kier alpha value is -1.45. The van der Waals surface area contributed by atoms with E-state index in [-0.39, 0.29) is 12.3 Å². The zero-order valence-electron chi connectivity index (χ0n) is 9.45. The molecule has 15 heavy (non-hydrogen) atoms. The van der Waals surface area contributed by atoms with Gasteiger partial charge in [-0.15, -0.1) is 0 Å². The number of carbonyl (C=O) groups is 1. The molecule has 0 amide bonds. The topological polar surface area (TPSA) is 54.9 Å². The number of Topliss-reactive ketones (excluding diaryl/α,β-unsaturated/α-hetero) is 1. The maximum atomic E-state index is 10.7. The van der Waals surface area contributed by atoms with E-state index in [9.17, 15) is 4.79 Å². The van der Waals surface area contributed by atoms with Gasteiger partial charge in [-0.2, -0.15) is 0 Å². The average Bonchev–Trinajstić information content (AvgIpc) is 2.16. The molecule has 1 aromatic heterocycles. The molecule has 1 heterocycles. The quantitative estimate of drug-likeness (QED) is 0.798. The van der Waals surface area contributed by atoms with Gasteiger partial charge in [0, 0.05) is 12.4 Å². The maximum Gasteiger partial charge on any atom is 0.222 e.